The topological polar surface area (TPSA) is 12.0 Å². The van der Waals surface area contributed by atoms with E-state index in [0.29, 0.717) is 0 Å². The number of halogens is 1. The molecule has 0 aromatic heterocycles. The van der Waals surface area contributed by atoms with Crippen molar-refractivity contribution in [1.82, 2.24) is 5.32 Å². The molecule has 0 heterocycles. The van der Waals surface area contributed by atoms with Gasteiger partial charge < -0.3 is 5.32 Å². The lowest BCUT2D eigenvalue weighted by atomic mass is 10.1. The van der Waals surface area contributed by atoms with Gasteiger partial charge in [-0.2, -0.15) is 0 Å². The molecule has 1 atom stereocenters. The molecule has 0 amide bonds. The van der Waals surface area contributed by atoms with Gasteiger partial charge in [0.05, 0.1) is 0 Å². The van der Waals surface area contributed by atoms with Crippen molar-refractivity contribution < 1.29 is 0 Å². The minimum Gasteiger partial charge on any atom is -0.312 e. The normalized spacial score (nSPS) is 17.7. The van der Waals surface area contributed by atoms with Crippen LogP contribution in [0.1, 0.15) is 25.3 Å². The van der Waals surface area contributed by atoms with E-state index in [-0.39, 0.29) is 0 Å². The van der Waals surface area contributed by atoms with Gasteiger partial charge in [0.25, 0.3) is 0 Å². The first-order chi connectivity index (χ1) is 7.25. The van der Waals surface area contributed by atoms with E-state index in [2.05, 4.69) is 52.4 Å². The van der Waals surface area contributed by atoms with Crippen LogP contribution < -0.4 is 5.32 Å². The highest BCUT2D eigenvalue weighted by Crippen LogP contribution is 2.36. The van der Waals surface area contributed by atoms with E-state index in [1.807, 2.05) is 0 Å². The summed E-state index contributed by atoms with van der Waals surface area (Å²) >= 11 is 3.44. The van der Waals surface area contributed by atoms with Crippen LogP contribution in [-0.2, 0) is 6.54 Å². The average Bonchev–Trinajstić information content (AvgIpc) is 3.04. The molecule has 2 rings (SSSR count). The molecule has 0 spiro atoms. The maximum Gasteiger partial charge on any atom is 0.0205 e. The Balaban J connectivity index is 1.70. The van der Waals surface area contributed by atoms with E-state index in [0.717, 1.165) is 29.4 Å². The molecule has 1 saturated carbocycles. The number of benzene rings is 1. The molecule has 1 aliphatic rings. The van der Waals surface area contributed by atoms with Crippen LogP contribution in [0.25, 0.3) is 0 Å². The van der Waals surface area contributed by atoms with E-state index < -0.39 is 0 Å². The van der Waals surface area contributed by atoms with Crippen molar-refractivity contribution in [2.45, 2.75) is 26.3 Å². The van der Waals surface area contributed by atoms with Gasteiger partial charge in [0.15, 0.2) is 0 Å². The zero-order valence-electron chi connectivity index (χ0n) is 9.17. The lowest BCUT2D eigenvalue weighted by Crippen LogP contribution is -2.21. The molecule has 0 radical (unpaired) electrons. The predicted molar refractivity (Wildman–Crippen MR) is 67.7 cm³/mol. The summed E-state index contributed by atoms with van der Waals surface area (Å²) in [5, 5.41) is 3.53. The van der Waals surface area contributed by atoms with E-state index in [4.69, 9.17) is 0 Å². The molecule has 1 unspecified atom stereocenters. The van der Waals surface area contributed by atoms with E-state index in [1.165, 1.54) is 18.4 Å². The zero-order chi connectivity index (χ0) is 10.7. The van der Waals surface area contributed by atoms with Crippen LogP contribution in [0, 0.1) is 11.8 Å². The molecule has 1 N–H and O–H groups in total. The quantitative estimate of drug-likeness (QED) is 0.860. The summed E-state index contributed by atoms with van der Waals surface area (Å²) in [6.45, 7) is 4.50. The minimum absolute atomic E-state index is 0.848. The second-order valence-corrected chi connectivity index (χ2v) is 5.49. The largest absolute Gasteiger partial charge is 0.312 e. The molecule has 1 fully saturated rings. The van der Waals surface area contributed by atoms with Crippen LogP contribution in [0.3, 0.4) is 0 Å². The first-order valence-corrected chi connectivity index (χ1v) is 6.50. The Bertz CT molecular complexity index is 303. The van der Waals surface area contributed by atoms with Crippen molar-refractivity contribution in [2.75, 3.05) is 6.54 Å². The molecule has 1 nitrogen and oxygen atoms in total. The molecular formula is C13H18BrN. The first kappa shape index (κ1) is 11.2. The highest BCUT2D eigenvalue weighted by molar-refractivity contribution is 9.10. The highest BCUT2D eigenvalue weighted by atomic mass is 79.9. The maximum absolute atomic E-state index is 3.53. The number of hydrogen-bond donors (Lipinski definition) is 1. The molecule has 15 heavy (non-hydrogen) atoms. The molecule has 82 valence electrons. The van der Waals surface area contributed by atoms with Crippen molar-refractivity contribution >= 4 is 15.9 Å². The van der Waals surface area contributed by atoms with E-state index >= 15 is 0 Å². The Hall–Kier alpha value is -0.340. The zero-order valence-corrected chi connectivity index (χ0v) is 10.8. The summed E-state index contributed by atoms with van der Waals surface area (Å²) in [6, 6.07) is 8.53. The van der Waals surface area contributed by atoms with Crippen molar-refractivity contribution in [3.05, 3.63) is 34.3 Å². The fraction of sp³-hybridized carbons (Fsp3) is 0.538. The Morgan fingerprint density at radius 2 is 2.00 bits per heavy atom. The van der Waals surface area contributed by atoms with Gasteiger partial charge in [-0.3, -0.25) is 0 Å². The van der Waals surface area contributed by atoms with Crippen LogP contribution in [0.2, 0.25) is 0 Å². The molecule has 0 bridgehead atoms. The van der Waals surface area contributed by atoms with Gasteiger partial charge in [0, 0.05) is 11.0 Å². The average molecular weight is 268 g/mol. The van der Waals surface area contributed by atoms with Crippen LogP contribution in [0.4, 0.5) is 0 Å². The van der Waals surface area contributed by atoms with E-state index in [9.17, 15) is 0 Å². The van der Waals surface area contributed by atoms with Gasteiger partial charge in [-0.15, -0.1) is 0 Å². The van der Waals surface area contributed by atoms with Gasteiger partial charge in [0.2, 0.25) is 0 Å². The third-order valence-corrected chi connectivity index (χ3v) is 3.66. The van der Waals surface area contributed by atoms with Crippen LogP contribution in [-0.4, -0.2) is 6.54 Å². The fourth-order valence-electron chi connectivity index (χ4n) is 1.88. The van der Waals surface area contributed by atoms with Crippen molar-refractivity contribution in [2.24, 2.45) is 11.8 Å². The summed E-state index contributed by atoms with van der Waals surface area (Å²) in [5.74, 6) is 1.85. The Kier molecular flexibility index (Phi) is 3.81. The van der Waals surface area contributed by atoms with Crippen LogP contribution in [0.15, 0.2) is 28.7 Å². The van der Waals surface area contributed by atoms with Gasteiger partial charge in [-0.1, -0.05) is 35.0 Å². The standard InChI is InChI=1S/C13H18BrN/c1-10(12-4-5-12)8-15-9-11-2-6-13(14)7-3-11/h2-3,6-7,10,12,15H,4-5,8-9H2,1H3. The third-order valence-electron chi connectivity index (χ3n) is 3.14. The fourth-order valence-corrected chi connectivity index (χ4v) is 2.14. The van der Waals surface area contributed by atoms with Gasteiger partial charge in [-0.25, -0.2) is 0 Å². The van der Waals surface area contributed by atoms with Crippen LogP contribution in [0.5, 0.6) is 0 Å². The molecule has 0 aliphatic heterocycles. The molecular weight excluding hydrogens is 250 g/mol. The summed E-state index contributed by atoms with van der Waals surface area (Å²) in [6.07, 6.45) is 2.89. The Labute approximate surface area is 100 Å². The van der Waals surface area contributed by atoms with Crippen LogP contribution >= 0.6 is 15.9 Å². The molecule has 1 aromatic carbocycles. The lowest BCUT2D eigenvalue weighted by molar-refractivity contribution is 0.461. The number of hydrogen-bond acceptors (Lipinski definition) is 1. The number of rotatable bonds is 5. The number of nitrogens with one attached hydrogen (secondary N) is 1. The van der Waals surface area contributed by atoms with Crippen molar-refractivity contribution in [3.8, 4) is 0 Å². The summed E-state index contributed by atoms with van der Waals surface area (Å²) in [7, 11) is 0. The lowest BCUT2D eigenvalue weighted by Gasteiger charge is -2.11. The summed E-state index contributed by atoms with van der Waals surface area (Å²) < 4.78 is 1.15. The smallest absolute Gasteiger partial charge is 0.0205 e. The van der Waals surface area contributed by atoms with E-state index in [1.54, 1.807) is 0 Å². The monoisotopic (exact) mass is 267 g/mol. The van der Waals surface area contributed by atoms with Crippen molar-refractivity contribution in [3.63, 3.8) is 0 Å². The Morgan fingerprint density at radius 1 is 1.33 bits per heavy atom. The van der Waals surface area contributed by atoms with Gasteiger partial charge in [-0.05, 0) is 48.9 Å². The summed E-state index contributed by atoms with van der Waals surface area (Å²) in [4.78, 5) is 0. The molecule has 2 heteroatoms. The molecule has 0 saturated heterocycles. The first-order valence-electron chi connectivity index (χ1n) is 5.71. The molecule has 1 aromatic rings. The second-order valence-electron chi connectivity index (χ2n) is 4.57. The minimum atomic E-state index is 0.848. The highest BCUT2D eigenvalue weighted by Gasteiger charge is 2.27. The second kappa shape index (κ2) is 5.13. The van der Waals surface area contributed by atoms with Gasteiger partial charge >= 0.3 is 0 Å². The van der Waals surface area contributed by atoms with Crippen molar-refractivity contribution in [1.29, 1.82) is 0 Å². The third kappa shape index (κ3) is 3.62. The Morgan fingerprint density at radius 3 is 2.60 bits per heavy atom. The summed E-state index contributed by atoms with van der Waals surface area (Å²) in [5.41, 5.74) is 1.36. The maximum atomic E-state index is 3.53. The van der Waals surface area contributed by atoms with Gasteiger partial charge in [0.1, 0.15) is 0 Å². The molecule has 1 aliphatic carbocycles. The SMILES string of the molecule is CC(CNCc1ccc(Br)cc1)C1CC1. The predicted octanol–water partition coefficient (Wildman–Crippen LogP) is 3.58.